The van der Waals surface area contributed by atoms with Crippen LogP contribution in [0.25, 0.3) is 0 Å². The predicted octanol–water partition coefficient (Wildman–Crippen LogP) is 1.64. The molecule has 0 heterocycles. The Labute approximate surface area is 119 Å². The van der Waals surface area contributed by atoms with E-state index in [9.17, 15) is 12.8 Å². The van der Waals surface area contributed by atoms with Gasteiger partial charge in [0.25, 0.3) is 0 Å². The molecule has 0 aliphatic heterocycles. The molecule has 1 aromatic carbocycles. The Balaban J connectivity index is 3.21. The zero-order valence-corrected chi connectivity index (χ0v) is 12.3. The summed E-state index contributed by atoms with van der Waals surface area (Å²) in [5.41, 5.74) is 0.0919. The summed E-state index contributed by atoms with van der Waals surface area (Å²) in [7, 11) is -3.74. The van der Waals surface area contributed by atoms with Gasteiger partial charge in [-0.3, -0.25) is 0 Å². The van der Waals surface area contributed by atoms with Crippen LogP contribution >= 0.6 is 0 Å². The van der Waals surface area contributed by atoms with Crippen molar-refractivity contribution in [3.05, 3.63) is 29.6 Å². The molecular formula is C14H18FNO3S. The van der Waals surface area contributed by atoms with Crippen molar-refractivity contribution in [1.29, 1.82) is 0 Å². The van der Waals surface area contributed by atoms with Gasteiger partial charge >= 0.3 is 0 Å². The molecule has 0 aliphatic rings. The standard InChI is InChI=1S/C14H18FNO3S/c1-3-11(2)16-20(18,19)14-8-7-13(15)10-12(14)6-4-5-9-17/h7-8,10-11,16-17H,3,5,9H2,1-2H3. The topological polar surface area (TPSA) is 66.4 Å². The van der Waals surface area contributed by atoms with E-state index >= 15 is 0 Å². The molecule has 0 bridgehead atoms. The SMILES string of the molecule is CCC(C)NS(=O)(=O)c1ccc(F)cc1C#CCCO. The molecule has 20 heavy (non-hydrogen) atoms. The number of nitrogens with one attached hydrogen (secondary N) is 1. The molecule has 0 radical (unpaired) electrons. The fourth-order valence-electron chi connectivity index (χ4n) is 1.46. The average molecular weight is 299 g/mol. The molecule has 110 valence electrons. The van der Waals surface area contributed by atoms with E-state index in [0.717, 1.165) is 12.1 Å². The van der Waals surface area contributed by atoms with Gasteiger partial charge in [0, 0.05) is 18.0 Å². The summed E-state index contributed by atoms with van der Waals surface area (Å²) in [5.74, 6) is 4.63. The van der Waals surface area contributed by atoms with Crippen LogP contribution in [-0.2, 0) is 10.0 Å². The fourth-order valence-corrected chi connectivity index (χ4v) is 2.93. The maximum Gasteiger partial charge on any atom is 0.242 e. The van der Waals surface area contributed by atoms with E-state index in [1.165, 1.54) is 6.07 Å². The Morgan fingerprint density at radius 1 is 1.45 bits per heavy atom. The van der Waals surface area contributed by atoms with Crippen LogP contribution in [0.5, 0.6) is 0 Å². The van der Waals surface area contributed by atoms with E-state index in [1.807, 2.05) is 6.92 Å². The van der Waals surface area contributed by atoms with Gasteiger partial charge in [0.1, 0.15) is 5.82 Å². The Bertz CT molecular complexity index is 617. The number of hydrogen-bond acceptors (Lipinski definition) is 3. The Morgan fingerprint density at radius 3 is 2.75 bits per heavy atom. The summed E-state index contributed by atoms with van der Waals surface area (Å²) in [6.07, 6.45) is 0.848. The third kappa shape index (κ3) is 4.60. The number of halogens is 1. The Morgan fingerprint density at radius 2 is 2.15 bits per heavy atom. The number of benzene rings is 1. The van der Waals surface area contributed by atoms with E-state index < -0.39 is 15.8 Å². The second kappa shape index (κ2) is 7.39. The van der Waals surface area contributed by atoms with E-state index in [1.54, 1.807) is 6.92 Å². The predicted molar refractivity (Wildman–Crippen MR) is 75.1 cm³/mol. The van der Waals surface area contributed by atoms with Crippen molar-refractivity contribution in [3.8, 4) is 11.8 Å². The minimum absolute atomic E-state index is 0.0513. The summed E-state index contributed by atoms with van der Waals surface area (Å²) in [6, 6.07) is 3.14. The van der Waals surface area contributed by atoms with Crippen LogP contribution in [0.1, 0.15) is 32.3 Å². The highest BCUT2D eigenvalue weighted by atomic mass is 32.2. The van der Waals surface area contributed by atoms with Gasteiger partial charge in [0.2, 0.25) is 10.0 Å². The van der Waals surface area contributed by atoms with Crippen LogP contribution in [0.2, 0.25) is 0 Å². The minimum atomic E-state index is -3.74. The third-order valence-electron chi connectivity index (χ3n) is 2.66. The molecule has 0 saturated heterocycles. The lowest BCUT2D eigenvalue weighted by Gasteiger charge is -2.13. The number of sulfonamides is 1. The molecule has 1 rings (SSSR count). The van der Waals surface area contributed by atoms with Crippen LogP contribution in [0.4, 0.5) is 4.39 Å². The van der Waals surface area contributed by atoms with Crippen molar-refractivity contribution in [1.82, 2.24) is 4.72 Å². The molecule has 1 atom stereocenters. The average Bonchev–Trinajstić information content (AvgIpc) is 2.38. The summed E-state index contributed by atoms with van der Waals surface area (Å²) in [6.45, 7) is 3.48. The van der Waals surface area contributed by atoms with Crippen molar-refractivity contribution in [2.24, 2.45) is 0 Å². The first-order valence-corrected chi connectivity index (χ1v) is 7.80. The van der Waals surface area contributed by atoms with Crippen molar-refractivity contribution in [2.75, 3.05) is 6.61 Å². The lowest BCUT2D eigenvalue weighted by Crippen LogP contribution is -2.32. The quantitative estimate of drug-likeness (QED) is 0.812. The molecule has 0 aliphatic carbocycles. The Kier molecular flexibility index (Phi) is 6.14. The van der Waals surface area contributed by atoms with Crippen molar-refractivity contribution >= 4 is 10.0 Å². The first kappa shape index (κ1) is 16.6. The summed E-state index contributed by atoms with van der Waals surface area (Å²) in [4.78, 5) is -0.0513. The number of aliphatic hydroxyl groups excluding tert-OH is 1. The zero-order chi connectivity index (χ0) is 15.2. The van der Waals surface area contributed by atoms with E-state index in [-0.39, 0.29) is 29.5 Å². The molecule has 0 fully saturated rings. The van der Waals surface area contributed by atoms with Gasteiger partial charge in [-0.1, -0.05) is 18.8 Å². The lowest BCUT2D eigenvalue weighted by molar-refractivity contribution is 0.305. The molecule has 4 nitrogen and oxygen atoms in total. The van der Waals surface area contributed by atoms with E-state index in [2.05, 4.69) is 16.6 Å². The largest absolute Gasteiger partial charge is 0.395 e. The second-order valence-corrected chi connectivity index (χ2v) is 6.03. The first-order valence-electron chi connectivity index (χ1n) is 6.32. The van der Waals surface area contributed by atoms with Gasteiger partial charge in [-0.05, 0) is 31.5 Å². The second-order valence-electron chi connectivity index (χ2n) is 4.35. The van der Waals surface area contributed by atoms with Gasteiger partial charge in [0.15, 0.2) is 0 Å². The highest BCUT2D eigenvalue weighted by Gasteiger charge is 2.20. The van der Waals surface area contributed by atoms with Crippen LogP contribution in [0, 0.1) is 17.7 Å². The maximum absolute atomic E-state index is 13.2. The van der Waals surface area contributed by atoms with Crippen molar-refractivity contribution in [2.45, 2.75) is 37.6 Å². The molecule has 0 aromatic heterocycles. The van der Waals surface area contributed by atoms with Crippen molar-refractivity contribution < 1.29 is 17.9 Å². The van der Waals surface area contributed by atoms with Crippen LogP contribution in [0.3, 0.4) is 0 Å². The zero-order valence-electron chi connectivity index (χ0n) is 11.5. The molecule has 0 amide bonds. The van der Waals surface area contributed by atoms with Crippen LogP contribution < -0.4 is 4.72 Å². The Hall–Kier alpha value is -1.42. The monoisotopic (exact) mass is 299 g/mol. The molecule has 1 unspecified atom stereocenters. The van der Waals surface area contributed by atoms with Gasteiger partial charge in [-0.25, -0.2) is 17.5 Å². The summed E-state index contributed by atoms with van der Waals surface area (Å²) in [5, 5.41) is 8.67. The van der Waals surface area contributed by atoms with E-state index in [4.69, 9.17) is 5.11 Å². The highest BCUT2D eigenvalue weighted by molar-refractivity contribution is 7.89. The lowest BCUT2D eigenvalue weighted by atomic mass is 10.2. The molecule has 2 N–H and O–H groups in total. The van der Waals surface area contributed by atoms with Gasteiger partial charge < -0.3 is 5.11 Å². The molecule has 0 spiro atoms. The highest BCUT2D eigenvalue weighted by Crippen LogP contribution is 2.17. The molecule has 0 saturated carbocycles. The molecule has 6 heteroatoms. The number of aliphatic hydroxyl groups is 1. The first-order chi connectivity index (χ1) is 9.40. The smallest absolute Gasteiger partial charge is 0.242 e. The fraction of sp³-hybridized carbons (Fsp3) is 0.429. The normalized spacial score (nSPS) is 12.6. The van der Waals surface area contributed by atoms with Crippen molar-refractivity contribution in [3.63, 3.8) is 0 Å². The van der Waals surface area contributed by atoms with Gasteiger partial charge in [-0.2, -0.15) is 0 Å². The van der Waals surface area contributed by atoms with Gasteiger partial charge in [0.05, 0.1) is 11.5 Å². The molecule has 1 aromatic rings. The number of hydrogen-bond donors (Lipinski definition) is 2. The minimum Gasteiger partial charge on any atom is -0.395 e. The number of rotatable bonds is 5. The summed E-state index contributed by atoms with van der Waals surface area (Å²) >= 11 is 0. The maximum atomic E-state index is 13.2. The van der Waals surface area contributed by atoms with Crippen LogP contribution in [0.15, 0.2) is 23.1 Å². The molecular weight excluding hydrogens is 281 g/mol. The van der Waals surface area contributed by atoms with Crippen LogP contribution in [-0.4, -0.2) is 26.2 Å². The summed E-state index contributed by atoms with van der Waals surface area (Å²) < 4.78 is 40.2. The third-order valence-corrected chi connectivity index (χ3v) is 4.31. The van der Waals surface area contributed by atoms with Gasteiger partial charge in [-0.15, -0.1) is 0 Å². The van der Waals surface area contributed by atoms with E-state index in [0.29, 0.717) is 6.42 Å².